The molecule has 0 heterocycles. The highest BCUT2D eigenvalue weighted by Gasteiger charge is 2.00. The zero-order valence-electron chi connectivity index (χ0n) is 7.30. The highest BCUT2D eigenvalue weighted by molar-refractivity contribution is 4.60. The van der Waals surface area contributed by atoms with Crippen LogP contribution >= 0.6 is 0 Å². The predicted octanol–water partition coefficient (Wildman–Crippen LogP) is 3.04. The van der Waals surface area contributed by atoms with Gasteiger partial charge in [-0.3, -0.25) is 0 Å². The molecule has 0 N–H and O–H groups in total. The molecule has 0 saturated carbocycles. The van der Waals surface area contributed by atoms with Crippen LogP contribution in [0, 0.1) is 0 Å². The van der Waals surface area contributed by atoms with Crippen molar-refractivity contribution in [2.75, 3.05) is 7.05 Å². The summed E-state index contributed by atoms with van der Waals surface area (Å²) in [6.45, 7) is 4.37. The van der Waals surface area contributed by atoms with E-state index >= 15 is 0 Å². The van der Waals surface area contributed by atoms with Crippen LogP contribution < -0.4 is 0 Å². The number of hydrogen-bond donors (Lipinski definition) is 0. The minimum atomic E-state index is 0.477. The average Bonchev–Trinajstić information content (AvgIpc) is 1.98. The molecule has 2 nitrogen and oxygen atoms in total. The fourth-order valence-corrected chi connectivity index (χ4v) is 0.947. The van der Waals surface area contributed by atoms with E-state index in [1.165, 1.54) is 19.3 Å². The minimum absolute atomic E-state index is 0.477. The van der Waals surface area contributed by atoms with Crippen LogP contribution in [0.1, 0.15) is 39.5 Å². The molecule has 1 unspecified atom stereocenters. The third kappa shape index (κ3) is 4.48. The Balaban J connectivity index is 3.39. The summed E-state index contributed by atoms with van der Waals surface area (Å²) in [4.78, 5) is 0. The number of azo groups is 1. The monoisotopic (exact) mass is 142 g/mol. The first-order valence-electron chi connectivity index (χ1n) is 4.14. The lowest BCUT2D eigenvalue weighted by molar-refractivity contribution is 0.543. The molecule has 0 aromatic heterocycles. The van der Waals surface area contributed by atoms with Crippen LogP contribution in [0.4, 0.5) is 0 Å². The van der Waals surface area contributed by atoms with Crippen molar-refractivity contribution in [3.8, 4) is 0 Å². The topological polar surface area (TPSA) is 24.7 Å². The molecule has 2 heteroatoms. The van der Waals surface area contributed by atoms with Gasteiger partial charge < -0.3 is 0 Å². The van der Waals surface area contributed by atoms with E-state index in [4.69, 9.17) is 0 Å². The van der Waals surface area contributed by atoms with Gasteiger partial charge in [0.2, 0.25) is 0 Å². The molecule has 0 rings (SSSR count). The highest BCUT2D eigenvalue weighted by Crippen LogP contribution is 2.07. The van der Waals surface area contributed by atoms with Gasteiger partial charge in [-0.1, -0.05) is 26.7 Å². The summed E-state index contributed by atoms with van der Waals surface area (Å²) in [5.41, 5.74) is 0. The van der Waals surface area contributed by atoms with E-state index in [0.29, 0.717) is 6.04 Å². The molecule has 0 aliphatic heterocycles. The maximum absolute atomic E-state index is 4.11. The van der Waals surface area contributed by atoms with Gasteiger partial charge in [0.25, 0.3) is 0 Å². The molecular formula is C8H18N2. The van der Waals surface area contributed by atoms with Crippen LogP contribution in [-0.4, -0.2) is 13.1 Å². The Morgan fingerprint density at radius 3 is 2.40 bits per heavy atom. The Kier molecular flexibility index (Phi) is 6.45. The van der Waals surface area contributed by atoms with Gasteiger partial charge >= 0.3 is 0 Å². The molecule has 0 spiro atoms. The van der Waals surface area contributed by atoms with Crippen molar-refractivity contribution in [2.24, 2.45) is 10.2 Å². The number of nitrogens with zero attached hydrogens (tertiary/aromatic N) is 2. The van der Waals surface area contributed by atoms with Gasteiger partial charge in [0.1, 0.15) is 0 Å². The summed E-state index contributed by atoms with van der Waals surface area (Å²) in [5.74, 6) is 0. The van der Waals surface area contributed by atoms with Gasteiger partial charge in [0.15, 0.2) is 0 Å². The summed E-state index contributed by atoms with van der Waals surface area (Å²) in [6.07, 6.45) is 4.86. The van der Waals surface area contributed by atoms with Gasteiger partial charge in [-0.05, 0) is 12.8 Å². The number of rotatable bonds is 5. The van der Waals surface area contributed by atoms with Crippen molar-refractivity contribution in [1.82, 2.24) is 0 Å². The maximum Gasteiger partial charge on any atom is 0.0705 e. The zero-order valence-corrected chi connectivity index (χ0v) is 7.30. The first-order chi connectivity index (χ1) is 4.85. The van der Waals surface area contributed by atoms with Crippen LogP contribution in [0.15, 0.2) is 10.2 Å². The third-order valence-electron chi connectivity index (χ3n) is 1.64. The van der Waals surface area contributed by atoms with Crippen molar-refractivity contribution >= 4 is 0 Å². The van der Waals surface area contributed by atoms with Crippen molar-refractivity contribution in [1.29, 1.82) is 0 Å². The average molecular weight is 142 g/mol. The first-order valence-corrected chi connectivity index (χ1v) is 4.14. The molecule has 0 aromatic carbocycles. The van der Waals surface area contributed by atoms with Crippen molar-refractivity contribution < 1.29 is 0 Å². The van der Waals surface area contributed by atoms with E-state index in [2.05, 4.69) is 24.1 Å². The molecule has 60 valence electrons. The summed E-state index contributed by atoms with van der Waals surface area (Å²) >= 11 is 0. The van der Waals surface area contributed by atoms with E-state index in [1.807, 2.05) is 0 Å². The Morgan fingerprint density at radius 1 is 1.30 bits per heavy atom. The second-order valence-corrected chi connectivity index (χ2v) is 2.52. The zero-order chi connectivity index (χ0) is 7.82. The lowest BCUT2D eigenvalue weighted by atomic mass is 10.1. The van der Waals surface area contributed by atoms with Gasteiger partial charge in [0.05, 0.1) is 6.04 Å². The van der Waals surface area contributed by atoms with Gasteiger partial charge in [-0.25, -0.2) is 0 Å². The number of unbranched alkanes of at least 4 members (excludes halogenated alkanes) is 1. The molecule has 0 bridgehead atoms. The second kappa shape index (κ2) is 6.72. The molecule has 0 amide bonds. The predicted molar refractivity (Wildman–Crippen MR) is 44.4 cm³/mol. The molecule has 0 aliphatic carbocycles. The van der Waals surface area contributed by atoms with Gasteiger partial charge in [-0.15, -0.1) is 0 Å². The Hall–Kier alpha value is -0.400. The van der Waals surface area contributed by atoms with Crippen LogP contribution in [0.25, 0.3) is 0 Å². The Labute approximate surface area is 63.7 Å². The van der Waals surface area contributed by atoms with Crippen LogP contribution in [0.2, 0.25) is 0 Å². The molecule has 1 atom stereocenters. The molecule has 0 saturated heterocycles. The first kappa shape index (κ1) is 9.60. The lowest BCUT2D eigenvalue weighted by Gasteiger charge is -2.05. The Bertz CT molecular complexity index is 89.3. The highest BCUT2D eigenvalue weighted by atomic mass is 15.1. The van der Waals surface area contributed by atoms with Gasteiger partial charge in [0, 0.05) is 7.05 Å². The summed E-state index contributed by atoms with van der Waals surface area (Å²) < 4.78 is 0. The molecule has 10 heavy (non-hydrogen) atoms. The smallest absolute Gasteiger partial charge is 0.0705 e. The van der Waals surface area contributed by atoms with E-state index < -0.39 is 0 Å². The maximum atomic E-state index is 4.11. The molecule has 0 aliphatic rings. The SMILES string of the molecule is CCCCC(CC)N=NC. The fourth-order valence-electron chi connectivity index (χ4n) is 0.947. The molecular weight excluding hydrogens is 124 g/mol. The van der Waals surface area contributed by atoms with E-state index in [1.54, 1.807) is 7.05 Å². The second-order valence-electron chi connectivity index (χ2n) is 2.52. The molecule has 0 radical (unpaired) electrons. The van der Waals surface area contributed by atoms with Crippen molar-refractivity contribution in [3.05, 3.63) is 0 Å². The normalized spacial score (nSPS) is 14.3. The van der Waals surface area contributed by atoms with E-state index in [0.717, 1.165) is 6.42 Å². The third-order valence-corrected chi connectivity index (χ3v) is 1.64. The van der Waals surface area contributed by atoms with Crippen molar-refractivity contribution in [3.63, 3.8) is 0 Å². The van der Waals surface area contributed by atoms with Gasteiger partial charge in [-0.2, -0.15) is 10.2 Å². The van der Waals surface area contributed by atoms with Crippen molar-refractivity contribution in [2.45, 2.75) is 45.6 Å². The standard InChI is InChI=1S/C8H18N2/c1-4-6-7-8(5-2)10-9-3/h8H,4-7H2,1-3H3. The Morgan fingerprint density at radius 2 is 2.00 bits per heavy atom. The lowest BCUT2D eigenvalue weighted by Crippen LogP contribution is -2.00. The van der Waals surface area contributed by atoms with Crippen LogP contribution in [-0.2, 0) is 0 Å². The quantitative estimate of drug-likeness (QED) is 0.527. The molecule has 0 aromatic rings. The number of hydrogen-bond acceptors (Lipinski definition) is 2. The van der Waals surface area contributed by atoms with E-state index in [-0.39, 0.29) is 0 Å². The minimum Gasteiger partial charge on any atom is -0.197 e. The fraction of sp³-hybridized carbons (Fsp3) is 1.00. The summed E-state index contributed by atoms with van der Waals surface area (Å²) in [6, 6.07) is 0.477. The van der Waals surface area contributed by atoms with E-state index in [9.17, 15) is 0 Å². The summed E-state index contributed by atoms with van der Waals surface area (Å²) in [7, 11) is 1.74. The van der Waals surface area contributed by atoms with Crippen LogP contribution in [0.3, 0.4) is 0 Å². The molecule has 0 fully saturated rings. The summed E-state index contributed by atoms with van der Waals surface area (Å²) in [5, 5.41) is 7.89. The van der Waals surface area contributed by atoms with Crippen LogP contribution in [0.5, 0.6) is 0 Å². The largest absolute Gasteiger partial charge is 0.197 e.